The van der Waals surface area contributed by atoms with E-state index in [9.17, 15) is 0 Å². The highest BCUT2D eigenvalue weighted by Crippen LogP contribution is 2.62. The number of rotatable bonds is 4. The Bertz CT molecular complexity index is 2150. The number of hydrogen-bond acceptors (Lipinski definition) is 2. The third kappa shape index (κ3) is 3.82. The zero-order valence-corrected chi connectivity index (χ0v) is 24.6. The molecule has 0 fully saturated rings. The van der Waals surface area contributed by atoms with Crippen molar-refractivity contribution in [2.45, 2.75) is 5.41 Å². The van der Waals surface area contributed by atoms with Gasteiger partial charge in [0.2, 0.25) is 0 Å². The summed E-state index contributed by atoms with van der Waals surface area (Å²) in [5.41, 5.74) is 12.6. The van der Waals surface area contributed by atoms with E-state index in [4.69, 9.17) is 4.74 Å². The zero-order valence-electron chi connectivity index (χ0n) is 24.6. The summed E-state index contributed by atoms with van der Waals surface area (Å²) in [5.74, 6) is 1.80. The fourth-order valence-electron chi connectivity index (χ4n) is 7.44. The monoisotopic (exact) mass is 575 g/mol. The van der Waals surface area contributed by atoms with E-state index in [-0.39, 0.29) is 0 Å². The molecule has 1 spiro atoms. The molecule has 0 aromatic heterocycles. The molecule has 0 saturated heterocycles. The van der Waals surface area contributed by atoms with Gasteiger partial charge in [-0.1, -0.05) is 121 Å². The summed E-state index contributed by atoms with van der Waals surface area (Å²) in [6, 6.07) is 63.0. The van der Waals surface area contributed by atoms with Crippen LogP contribution in [-0.2, 0) is 5.41 Å². The van der Waals surface area contributed by atoms with Gasteiger partial charge in [-0.15, -0.1) is 0 Å². The molecule has 0 radical (unpaired) electrons. The molecule has 1 aliphatic carbocycles. The molecule has 1 aliphatic heterocycles. The lowest BCUT2D eigenvalue weighted by Gasteiger charge is -2.39. The zero-order chi connectivity index (χ0) is 29.8. The first kappa shape index (κ1) is 25.6. The molecule has 2 heteroatoms. The summed E-state index contributed by atoms with van der Waals surface area (Å²) in [6.07, 6.45) is 0. The number of hydrogen-bond donors (Lipinski definition) is 0. The van der Waals surface area contributed by atoms with Crippen LogP contribution in [0.4, 0.5) is 17.1 Å². The van der Waals surface area contributed by atoms with Crippen LogP contribution in [0.3, 0.4) is 0 Å². The lowest BCUT2D eigenvalue weighted by atomic mass is 9.65. The van der Waals surface area contributed by atoms with E-state index in [1.807, 2.05) is 0 Å². The van der Waals surface area contributed by atoms with Crippen molar-refractivity contribution in [1.82, 2.24) is 0 Å². The number of nitrogens with zero attached hydrogens (tertiary/aromatic N) is 1. The standard InChI is InChI=1S/C43H29NO/c1-4-14-30(15-5-1)31-24-27-42-40(28-31)43(39-22-12-13-23-41(39)45-42)37-21-11-10-20-35(37)36-29-34(25-26-38(36)43)44(32-16-6-2-7-17-32)33-18-8-3-9-19-33/h1-29H. The van der Waals surface area contributed by atoms with Gasteiger partial charge in [-0.05, 0) is 88.0 Å². The van der Waals surface area contributed by atoms with Crippen LogP contribution in [0.15, 0.2) is 176 Å². The van der Waals surface area contributed by atoms with Crippen molar-refractivity contribution in [3.05, 3.63) is 198 Å². The Kier molecular flexibility index (Phi) is 5.76. The van der Waals surface area contributed by atoms with E-state index in [0.29, 0.717) is 0 Å². The maximum Gasteiger partial charge on any atom is 0.132 e. The predicted octanol–water partition coefficient (Wildman–Crippen LogP) is 11.3. The van der Waals surface area contributed by atoms with Gasteiger partial charge in [0.05, 0.1) is 5.41 Å². The normalized spacial score (nSPS) is 15.4. The van der Waals surface area contributed by atoms with E-state index >= 15 is 0 Å². The van der Waals surface area contributed by atoms with E-state index in [1.165, 1.54) is 44.5 Å². The van der Waals surface area contributed by atoms with Crippen LogP contribution in [0.2, 0.25) is 0 Å². The Balaban J connectivity index is 1.33. The molecule has 2 aliphatic rings. The summed E-state index contributed by atoms with van der Waals surface area (Å²) in [5, 5.41) is 0. The molecule has 0 bridgehead atoms. The highest BCUT2D eigenvalue weighted by Gasteiger charge is 2.51. The molecule has 0 N–H and O–H groups in total. The highest BCUT2D eigenvalue weighted by atomic mass is 16.5. The quantitative estimate of drug-likeness (QED) is 0.207. The van der Waals surface area contributed by atoms with Gasteiger partial charge in [0.25, 0.3) is 0 Å². The number of ether oxygens (including phenoxy) is 1. The third-order valence-corrected chi connectivity index (χ3v) is 9.32. The van der Waals surface area contributed by atoms with Gasteiger partial charge < -0.3 is 9.64 Å². The molecule has 45 heavy (non-hydrogen) atoms. The maximum atomic E-state index is 6.65. The van der Waals surface area contributed by atoms with Crippen LogP contribution < -0.4 is 9.64 Å². The van der Waals surface area contributed by atoms with E-state index in [2.05, 4.69) is 181 Å². The average molecular weight is 576 g/mol. The summed E-state index contributed by atoms with van der Waals surface area (Å²) in [6.45, 7) is 0. The van der Waals surface area contributed by atoms with Crippen LogP contribution in [-0.4, -0.2) is 0 Å². The topological polar surface area (TPSA) is 12.5 Å². The maximum absolute atomic E-state index is 6.65. The number of anilines is 3. The molecule has 1 atom stereocenters. The Morgan fingerprint density at radius 1 is 0.356 bits per heavy atom. The minimum atomic E-state index is -0.524. The lowest BCUT2D eigenvalue weighted by Crippen LogP contribution is -2.32. The van der Waals surface area contributed by atoms with Crippen molar-refractivity contribution < 1.29 is 4.74 Å². The number of fused-ring (bicyclic) bond motifs is 9. The Labute approximate surface area is 263 Å². The van der Waals surface area contributed by atoms with Crippen molar-refractivity contribution in [2.75, 3.05) is 4.90 Å². The summed E-state index contributed by atoms with van der Waals surface area (Å²) in [4.78, 5) is 2.34. The van der Waals surface area contributed by atoms with Crippen molar-refractivity contribution >= 4 is 17.1 Å². The van der Waals surface area contributed by atoms with Crippen LogP contribution in [0, 0.1) is 0 Å². The molecule has 0 amide bonds. The minimum absolute atomic E-state index is 0.524. The van der Waals surface area contributed by atoms with Gasteiger partial charge in [0.1, 0.15) is 11.5 Å². The fourth-order valence-corrected chi connectivity index (χ4v) is 7.44. The van der Waals surface area contributed by atoms with E-state index in [1.54, 1.807) is 0 Å². The Morgan fingerprint density at radius 3 is 1.67 bits per heavy atom. The Morgan fingerprint density at radius 2 is 0.933 bits per heavy atom. The van der Waals surface area contributed by atoms with Gasteiger partial charge in [-0.2, -0.15) is 0 Å². The molecule has 1 heterocycles. The van der Waals surface area contributed by atoms with Crippen LogP contribution in [0.1, 0.15) is 22.3 Å². The molecule has 2 nitrogen and oxygen atoms in total. The SMILES string of the molecule is c1ccc(-c2ccc3c(c2)C2(c4ccccc4O3)c3ccccc3-c3cc(N(c4ccccc4)c4ccccc4)ccc32)cc1. The van der Waals surface area contributed by atoms with Crippen LogP contribution >= 0.6 is 0 Å². The van der Waals surface area contributed by atoms with Gasteiger partial charge in [0, 0.05) is 28.2 Å². The van der Waals surface area contributed by atoms with Crippen molar-refractivity contribution in [3.8, 4) is 33.8 Å². The van der Waals surface area contributed by atoms with Gasteiger partial charge in [0.15, 0.2) is 0 Å². The Hall–Kier alpha value is -5.86. The average Bonchev–Trinajstić information content (AvgIpc) is 3.40. The first-order valence-electron chi connectivity index (χ1n) is 15.4. The van der Waals surface area contributed by atoms with Crippen molar-refractivity contribution in [3.63, 3.8) is 0 Å². The summed E-state index contributed by atoms with van der Waals surface area (Å²) in [7, 11) is 0. The summed E-state index contributed by atoms with van der Waals surface area (Å²) < 4.78 is 6.65. The van der Waals surface area contributed by atoms with Crippen LogP contribution in [0.25, 0.3) is 22.3 Å². The second kappa shape index (κ2) is 10.1. The van der Waals surface area contributed by atoms with E-state index in [0.717, 1.165) is 28.6 Å². The largest absolute Gasteiger partial charge is 0.457 e. The molecule has 7 aromatic rings. The molecule has 7 aromatic carbocycles. The molecular formula is C43H29NO. The molecule has 9 rings (SSSR count). The van der Waals surface area contributed by atoms with Gasteiger partial charge >= 0.3 is 0 Å². The van der Waals surface area contributed by atoms with Crippen LogP contribution in [0.5, 0.6) is 11.5 Å². The first-order chi connectivity index (χ1) is 22.3. The van der Waals surface area contributed by atoms with E-state index < -0.39 is 5.41 Å². The molecule has 0 saturated carbocycles. The summed E-state index contributed by atoms with van der Waals surface area (Å²) >= 11 is 0. The highest BCUT2D eigenvalue weighted by molar-refractivity contribution is 5.92. The first-order valence-corrected chi connectivity index (χ1v) is 15.4. The molecule has 1 unspecified atom stereocenters. The second-order valence-electron chi connectivity index (χ2n) is 11.7. The smallest absolute Gasteiger partial charge is 0.132 e. The molecule has 212 valence electrons. The molecular weight excluding hydrogens is 546 g/mol. The van der Waals surface area contributed by atoms with Gasteiger partial charge in [-0.25, -0.2) is 0 Å². The fraction of sp³-hybridized carbons (Fsp3) is 0.0233. The van der Waals surface area contributed by atoms with Crippen molar-refractivity contribution in [1.29, 1.82) is 0 Å². The predicted molar refractivity (Wildman–Crippen MR) is 184 cm³/mol. The number of para-hydroxylation sites is 3. The number of benzene rings is 7. The van der Waals surface area contributed by atoms with Gasteiger partial charge in [-0.3, -0.25) is 0 Å². The minimum Gasteiger partial charge on any atom is -0.457 e. The second-order valence-corrected chi connectivity index (χ2v) is 11.7. The lowest BCUT2D eigenvalue weighted by molar-refractivity contribution is 0.436. The third-order valence-electron chi connectivity index (χ3n) is 9.32. The van der Waals surface area contributed by atoms with Crippen molar-refractivity contribution in [2.24, 2.45) is 0 Å².